The third-order valence-electron chi connectivity index (χ3n) is 4.80. The van der Waals surface area contributed by atoms with Crippen LogP contribution in [0, 0.1) is 11.8 Å². The molecule has 0 radical (unpaired) electrons. The summed E-state index contributed by atoms with van der Waals surface area (Å²) in [5.74, 6) is 1.28. The third-order valence-corrected chi connectivity index (χ3v) is 4.80. The smallest absolute Gasteiger partial charge is 0.0948 e. The highest BCUT2D eigenvalue weighted by atomic mass is 15.1. The van der Waals surface area contributed by atoms with Crippen molar-refractivity contribution in [3.8, 4) is 0 Å². The number of benzene rings is 1. The summed E-state index contributed by atoms with van der Waals surface area (Å²) in [5, 5.41) is 0. The van der Waals surface area contributed by atoms with E-state index in [0.29, 0.717) is 17.9 Å². The van der Waals surface area contributed by atoms with Crippen LogP contribution in [0.1, 0.15) is 64.5 Å². The van der Waals surface area contributed by atoms with Crippen LogP contribution in [-0.4, -0.2) is 9.55 Å². The molecule has 1 heterocycles. The molecule has 126 valence electrons. The number of hydrogen-bond donors (Lipinski definition) is 0. The highest BCUT2D eigenvalue weighted by Gasteiger charge is 2.25. The van der Waals surface area contributed by atoms with Crippen LogP contribution < -0.4 is 0 Å². The van der Waals surface area contributed by atoms with E-state index in [4.69, 9.17) is 0 Å². The van der Waals surface area contributed by atoms with E-state index in [0.717, 1.165) is 6.42 Å². The maximum atomic E-state index is 4.29. The predicted molar refractivity (Wildman–Crippen MR) is 98.5 cm³/mol. The molecule has 0 aliphatic heterocycles. The summed E-state index contributed by atoms with van der Waals surface area (Å²) >= 11 is 0. The Kier molecular flexibility index (Phi) is 7.38. The second-order valence-corrected chi connectivity index (χ2v) is 7.04. The van der Waals surface area contributed by atoms with Gasteiger partial charge in [-0.05, 0) is 30.2 Å². The monoisotopic (exact) mass is 312 g/mol. The van der Waals surface area contributed by atoms with Crippen LogP contribution in [0.25, 0.3) is 0 Å². The summed E-state index contributed by atoms with van der Waals surface area (Å²) in [7, 11) is 0. The highest BCUT2D eigenvalue weighted by molar-refractivity contribution is 5.15. The van der Waals surface area contributed by atoms with Crippen molar-refractivity contribution in [3.05, 3.63) is 54.6 Å². The van der Waals surface area contributed by atoms with Crippen molar-refractivity contribution < 1.29 is 0 Å². The van der Waals surface area contributed by atoms with E-state index in [-0.39, 0.29) is 0 Å². The number of rotatable bonds is 10. The largest absolute Gasteiger partial charge is 0.334 e. The van der Waals surface area contributed by atoms with Crippen LogP contribution in [0.15, 0.2) is 49.1 Å². The summed E-state index contributed by atoms with van der Waals surface area (Å²) < 4.78 is 2.33. The Balaban J connectivity index is 2.12. The zero-order valence-corrected chi connectivity index (χ0v) is 15.0. The van der Waals surface area contributed by atoms with Crippen LogP contribution in [0.4, 0.5) is 0 Å². The first-order valence-corrected chi connectivity index (χ1v) is 9.23. The molecule has 0 N–H and O–H groups in total. The Morgan fingerprint density at radius 2 is 1.83 bits per heavy atom. The Hall–Kier alpha value is -1.57. The van der Waals surface area contributed by atoms with Crippen LogP contribution in [0.5, 0.6) is 0 Å². The van der Waals surface area contributed by atoms with Gasteiger partial charge in [-0.2, -0.15) is 0 Å². The lowest BCUT2D eigenvalue weighted by atomic mass is 9.82. The molecular formula is C21H32N2. The maximum absolute atomic E-state index is 4.29. The highest BCUT2D eigenvalue weighted by Crippen LogP contribution is 2.33. The zero-order chi connectivity index (χ0) is 16.5. The minimum Gasteiger partial charge on any atom is -0.334 e. The van der Waals surface area contributed by atoms with Gasteiger partial charge >= 0.3 is 0 Å². The fourth-order valence-electron chi connectivity index (χ4n) is 3.72. The molecule has 2 aromatic rings. The first-order chi connectivity index (χ1) is 11.2. The van der Waals surface area contributed by atoms with E-state index in [9.17, 15) is 0 Å². The van der Waals surface area contributed by atoms with Crippen molar-refractivity contribution >= 4 is 0 Å². The molecule has 0 saturated carbocycles. The van der Waals surface area contributed by atoms with Crippen molar-refractivity contribution in [2.75, 3.05) is 0 Å². The molecule has 2 rings (SSSR count). The van der Waals surface area contributed by atoms with Crippen molar-refractivity contribution in [2.24, 2.45) is 11.8 Å². The molecule has 1 aromatic heterocycles. The van der Waals surface area contributed by atoms with E-state index in [2.05, 4.69) is 66.9 Å². The van der Waals surface area contributed by atoms with E-state index < -0.39 is 0 Å². The Morgan fingerprint density at radius 3 is 2.43 bits per heavy atom. The molecule has 0 aliphatic rings. The van der Waals surface area contributed by atoms with Gasteiger partial charge in [-0.15, -0.1) is 0 Å². The van der Waals surface area contributed by atoms with Crippen LogP contribution in [0.3, 0.4) is 0 Å². The number of unbranched alkanes of at least 4 members (excludes halogenated alkanes) is 3. The first-order valence-electron chi connectivity index (χ1n) is 9.23. The van der Waals surface area contributed by atoms with Crippen molar-refractivity contribution in [1.82, 2.24) is 9.55 Å². The van der Waals surface area contributed by atoms with Crippen LogP contribution in [-0.2, 0) is 6.42 Å². The van der Waals surface area contributed by atoms with Gasteiger partial charge in [0.25, 0.3) is 0 Å². The second kappa shape index (κ2) is 9.54. The Labute approximate surface area is 142 Å². The van der Waals surface area contributed by atoms with Gasteiger partial charge in [0.1, 0.15) is 0 Å². The van der Waals surface area contributed by atoms with Crippen molar-refractivity contribution in [1.29, 1.82) is 0 Å². The molecule has 0 amide bonds. The van der Waals surface area contributed by atoms with Gasteiger partial charge < -0.3 is 4.57 Å². The Morgan fingerprint density at radius 1 is 1.04 bits per heavy atom. The van der Waals surface area contributed by atoms with Crippen LogP contribution in [0.2, 0.25) is 0 Å². The summed E-state index contributed by atoms with van der Waals surface area (Å²) in [6.45, 7) is 6.97. The minimum absolute atomic E-state index is 0.527. The van der Waals surface area contributed by atoms with E-state index in [1.807, 2.05) is 12.5 Å². The SMILES string of the molecule is CCCCCCC(Cc1ccccc1)C(C(C)C)n1ccnc1. The van der Waals surface area contributed by atoms with Gasteiger partial charge in [0.2, 0.25) is 0 Å². The van der Waals surface area contributed by atoms with E-state index >= 15 is 0 Å². The zero-order valence-electron chi connectivity index (χ0n) is 15.0. The summed E-state index contributed by atoms with van der Waals surface area (Å²) in [4.78, 5) is 4.29. The van der Waals surface area contributed by atoms with E-state index in [1.54, 1.807) is 0 Å². The van der Waals surface area contributed by atoms with Crippen molar-refractivity contribution in [2.45, 2.75) is 65.3 Å². The molecule has 0 aliphatic carbocycles. The molecule has 23 heavy (non-hydrogen) atoms. The van der Waals surface area contributed by atoms with Crippen LogP contribution >= 0.6 is 0 Å². The minimum atomic E-state index is 0.527. The molecule has 1 aromatic carbocycles. The summed E-state index contributed by atoms with van der Waals surface area (Å²) in [6, 6.07) is 11.5. The number of aromatic nitrogens is 2. The second-order valence-electron chi connectivity index (χ2n) is 7.04. The van der Waals surface area contributed by atoms with Gasteiger partial charge in [-0.1, -0.05) is 76.8 Å². The maximum Gasteiger partial charge on any atom is 0.0948 e. The number of hydrogen-bond acceptors (Lipinski definition) is 1. The van der Waals surface area contributed by atoms with Gasteiger partial charge in [-0.25, -0.2) is 4.98 Å². The quantitative estimate of drug-likeness (QED) is 0.499. The van der Waals surface area contributed by atoms with Gasteiger partial charge in [-0.3, -0.25) is 0 Å². The number of nitrogens with zero attached hydrogens (tertiary/aromatic N) is 2. The predicted octanol–water partition coefficient (Wildman–Crippen LogP) is 5.91. The lowest BCUT2D eigenvalue weighted by Gasteiger charge is -2.32. The molecular weight excluding hydrogens is 280 g/mol. The van der Waals surface area contributed by atoms with Crippen molar-refractivity contribution in [3.63, 3.8) is 0 Å². The average Bonchev–Trinajstić information content (AvgIpc) is 3.06. The lowest BCUT2D eigenvalue weighted by molar-refractivity contribution is 0.234. The fraction of sp³-hybridized carbons (Fsp3) is 0.571. The molecule has 0 saturated heterocycles. The fourth-order valence-corrected chi connectivity index (χ4v) is 3.72. The van der Waals surface area contributed by atoms with Gasteiger partial charge in [0, 0.05) is 18.4 Å². The van der Waals surface area contributed by atoms with Gasteiger partial charge in [0.05, 0.1) is 6.33 Å². The summed E-state index contributed by atoms with van der Waals surface area (Å²) in [6.07, 6.45) is 13.9. The molecule has 2 atom stereocenters. The Bertz CT molecular complexity index is 516. The molecule has 2 nitrogen and oxygen atoms in total. The average molecular weight is 313 g/mol. The summed E-state index contributed by atoms with van der Waals surface area (Å²) in [5.41, 5.74) is 1.46. The third kappa shape index (κ3) is 5.53. The normalized spacial score (nSPS) is 14.1. The molecule has 0 spiro atoms. The standard InChI is InChI=1S/C21H32N2/c1-4-5-6-10-13-20(16-19-11-8-7-9-12-19)21(18(2)3)23-15-14-22-17-23/h7-9,11-12,14-15,17-18,20-21H,4-6,10,13,16H2,1-3H3. The molecule has 2 unspecified atom stereocenters. The lowest BCUT2D eigenvalue weighted by Crippen LogP contribution is -2.25. The van der Waals surface area contributed by atoms with E-state index in [1.165, 1.54) is 37.7 Å². The number of imidazole rings is 1. The van der Waals surface area contributed by atoms with Gasteiger partial charge in [0.15, 0.2) is 0 Å². The first kappa shape index (κ1) is 17.8. The molecule has 0 bridgehead atoms. The topological polar surface area (TPSA) is 17.8 Å². The molecule has 2 heteroatoms. The molecule has 0 fully saturated rings.